The van der Waals surface area contributed by atoms with Crippen molar-refractivity contribution in [2.24, 2.45) is 0 Å². The first-order chi connectivity index (χ1) is 7.06. The summed E-state index contributed by atoms with van der Waals surface area (Å²) in [5, 5.41) is 3.89. The van der Waals surface area contributed by atoms with Crippen LogP contribution in [0.25, 0.3) is 0 Å². The maximum Gasteiger partial charge on any atom is 0.261 e. The van der Waals surface area contributed by atoms with Gasteiger partial charge in [-0.25, -0.2) is 0 Å². The smallest absolute Gasteiger partial charge is 0.261 e. The molecule has 1 aromatic heterocycles. The summed E-state index contributed by atoms with van der Waals surface area (Å²) >= 11 is 11.6. The van der Waals surface area contributed by atoms with E-state index in [1.165, 1.54) is 11.3 Å². The average molecular weight is 418 g/mol. The zero-order valence-corrected chi connectivity index (χ0v) is 13.2. The van der Waals surface area contributed by atoms with Gasteiger partial charge in [-0.15, -0.1) is 11.3 Å². The molecule has 82 valence electrons. The largest absolute Gasteiger partial charge is 0.345 e. The zero-order valence-electron chi connectivity index (χ0n) is 7.65. The van der Waals surface area contributed by atoms with Crippen molar-refractivity contribution in [3.05, 3.63) is 19.2 Å². The second-order valence-corrected chi connectivity index (χ2v) is 7.39. The molecule has 1 aliphatic rings. The topological polar surface area (TPSA) is 29.1 Å². The van der Waals surface area contributed by atoms with Crippen LogP contribution in [0.1, 0.15) is 22.5 Å². The standard InChI is InChI=1S/C9H8Br3NOS/c10-4-9(1-2-9)13-8(14)6-3-5(11)7(12)15-6/h3H,1-2,4H2,(H,13,14). The Labute approximate surface area is 117 Å². The van der Waals surface area contributed by atoms with Gasteiger partial charge >= 0.3 is 0 Å². The van der Waals surface area contributed by atoms with E-state index in [9.17, 15) is 4.79 Å². The second-order valence-electron chi connectivity index (χ2n) is 3.60. The number of carbonyl (C=O) groups is 1. The normalized spacial score (nSPS) is 17.5. The molecule has 1 aliphatic carbocycles. The fourth-order valence-corrected chi connectivity index (χ4v) is 3.84. The molecule has 0 radical (unpaired) electrons. The van der Waals surface area contributed by atoms with E-state index in [0.29, 0.717) is 0 Å². The number of alkyl halides is 1. The molecule has 0 aliphatic heterocycles. The van der Waals surface area contributed by atoms with Crippen LogP contribution in [0.5, 0.6) is 0 Å². The number of hydrogen-bond acceptors (Lipinski definition) is 2. The van der Waals surface area contributed by atoms with Crippen molar-refractivity contribution in [1.29, 1.82) is 0 Å². The first-order valence-electron chi connectivity index (χ1n) is 4.40. The number of thiophene rings is 1. The van der Waals surface area contributed by atoms with Gasteiger partial charge in [0.15, 0.2) is 0 Å². The molecule has 6 heteroatoms. The molecule has 1 heterocycles. The Bertz CT molecular complexity index is 381. The van der Waals surface area contributed by atoms with Gasteiger partial charge in [0.2, 0.25) is 0 Å². The summed E-state index contributed by atoms with van der Waals surface area (Å²) in [5.74, 6) is 0.0170. The Hall–Kier alpha value is 0.610. The summed E-state index contributed by atoms with van der Waals surface area (Å²) in [6.07, 6.45) is 2.13. The highest BCUT2D eigenvalue weighted by atomic mass is 79.9. The maximum absolute atomic E-state index is 11.9. The second kappa shape index (κ2) is 4.47. The van der Waals surface area contributed by atoms with Gasteiger partial charge < -0.3 is 5.32 Å². The Balaban J connectivity index is 2.08. The molecule has 1 N–H and O–H groups in total. The van der Waals surface area contributed by atoms with Crippen LogP contribution in [0.4, 0.5) is 0 Å². The minimum Gasteiger partial charge on any atom is -0.345 e. The Morgan fingerprint density at radius 3 is 2.60 bits per heavy atom. The molecular formula is C9H8Br3NOS. The lowest BCUT2D eigenvalue weighted by molar-refractivity contribution is 0.0940. The number of hydrogen-bond donors (Lipinski definition) is 1. The molecule has 0 bridgehead atoms. The monoisotopic (exact) mass is 415 g/mol. The van der Waals surface area contributed by atoms with Gasteiger partial charge in [0.05, 0.1) is 14.2 Å². The van der Waals surface area contributed by atoms with E-state index in [4.69, 9.17) is 0 Å². The zero-order chi connectivity index (χ0) is 11.1. The SMILES string of the molecule is O=C(NC1(CBr)CC1)c1cc(Br)c(Br)s1. The third-order valence-corrected chi connectivity index (χ3v) is 6.69. The van der Waals surface area contributed by atoms with Gasteiger partial charge in [-0.05, 0) is 50.8 Å². The van der Waals surface area contributed by atoms with Crippen molar-refractivity contribution in [1.82, 2.24) is 5.32 Å². The minimum absolute atomic E-state index is 0.0139. The van der Waals surface area contributed by atoms with Gasteiger partial charge in [-0.3, -0.25) is 4.79 Å². The first kappa shape index (κ1) is 12.1. The van der Waals surface area contributed by atoms with Crippen LogP contribution >= 0.6 is 59.1 Å². The molecule has 0 saturated heterocycles. The predicted molar refractivity (Wildman–Crippen MR) is 72.9 cm³/mol. The highest BCUT2D eigenvalue weighted by Gasteiger charge is 2.43. The summed E-state index contributed by atoms with van der Waals surface area (Å²) < 4.78 is 1.89. The van der Waals surface area contributed by atoms with E-state index in [0.717, 1.165) is 31.3 Å². The van der Waals surface area contributed by atoms with Crippen LogP contribution in [-0.4, -0.2) is 16.8 Å². The van der Waals surface area contributed by atoms with Crippen LogP contribution in [0, 0.1) is 0 Å². The van der Waals surface area contributed by atoms with E-state index in [1.54, 1.807) is 0 Å². The molecule has 0 unspecified atom stereocenters. The molecular weight excluding hydrogens is 410 g/mol. The quantitative estimate of drug-likeness (QED) is 0.742. The fraction of sp³-hybridized carbons (Fsp3) is 0.444. The number of nitrogens with one attached hydrogen (secondary N) is 1. The summed E-state index contributed by atoms with van der Waals surface area (Å²) in [6.45, 7) is 0. The molecule has 1 amide bonds. The average Bonchev–Trinajstić information content (AvgIpc) is 2.89. The van der Waals surface area contributed by atoms with Crippen LogP contribution in [0.15, 0.2) is 14.3 Å². The molecule has 0 spiro atoms. The summed E-state index contributed by atoms with van der Waals surface area (Å²) in [5.41, 5.74) is 0.0139. The van der Waals surface area contributed by atoms with Gasteiger partial charge in [-0.1, -0.05) is 15.9 Å². The Kier molecular flexibility index (Phi) is 3.60. The summed E-state index contributed by atoms with van der Waals surface area (Å²) in [6, 6.07) is 1.84. The lowest BCUT2D eigenvalue weighted by atomic mass is 10.3. The van der Waals surface area contributed by atoms with Crippen molar-refractivity contribution >= 4 is 65.0 Å². The van der Waals surface area contributed by atoms with E-state index in [1.807, 2.05) is 6.07 Å². The lowest BCUT2D eigenvalue weighted by Gasteiger charge is -2.12. The maximum atomic E-state index is 11.9. The lowest BCUT2D eigenvalue weighted by Crippen LogP contribution is -2.37. The van der Waals surface area contributed by atoms with Crippen molar-refractivity contribution in [2.45, 2.75) is 18.4 Å². The molecule has 0 aromatic carbocycles. The van der Waals surface area contributed by atoms with E-state index in [2.05, 4.69) is 53.1 Å². The third-order valence-electron chi connectivity index (χ3n) is 2.36. The number of carbonyl (C=O) groups excluding carboxylic acids is 1. The van der Waals surface area contributed by atoms with Gasteiger partial charge in [0.1, 0.15) is 0 Å². The summed E-state index contributed by atoms with van der Waals surface area (Å²) in [4.78, 5) is 12.6. The molecule has 15 heavy (non-hydrogen) atoms. The van der Waals surface area contributed by atoms with Crippen molar-refractivity contribution in [3.63, 3.8) is 0 Å². The minimum atomic E-state index is 0.0139. The van der Waals surface area contributed by atoms with Gasteiger partial charge in [0, 0.05) is 9.80 Å². The number of halogens is 3. The molecule has 1 saturated carbocycles. The highest BCUT2D eigenvalue weighted by Crippen LogP contribution is 2.38. The van der Waals surface area contributed by atoms with E-state index in [-0.39, 0.29) is 11.4 Å². The van der Waals surface area contributed by atoms with Crippen molar-refractivity contribution in [3.8, 4) is 0 Å². The molecule has 1 aromatic rings. The van der Waals surface area contributed by atoms with Gasteiger partial charge in [0.25, 0.3) is 5.91 Å². The first-order valence-corrected chi connectivity index (χ1v) is 7.92. The van der Waals surface area contributed by atoms with E-state index >= 15 is 0 Å². The molecule has 2 rings (SSSR count). The fourth-order valence-electron chi connectivity index (χ4n) is 1.20. The van der Waals surface area contributed by atoms with Crippen LogP contribution < -0.4 is 5.32 Å². The number of rotatable bonds is 3. The van der Waals surface area contributed by atoms with Crippen LogP contribution in [-0.2, 0) is 0 Å². The third kappa shape index (κ3) is 2.65. The molecule has 1 fully saturated rings. The van der Waals surface area contributed by atoms with Crippen LogP contribution in [0.2, 0.25) is 0 Å². The van der Waals surface area contributed by atoms with E-state index < -0.39 is 0 Å². The Morgan fingerprint density at radius 2 is 2.20 bits per heavy atom. The van der Waals surface area contributed by atoms with Gasteiger partial charge in [-0.2, -0.15) is 0 Å². The molecule has 2 nitrogen and oxygen atoms in total. The predicted octanol–water partition coefficient (Wildman–Crippen LogP) is 3.93. The van der Waals surface area contributed by atoms with Crippen molar-refractivity contribution < 1.29 is 4.79 Å². The summed E-state index contributed by atoms with van der Waals surface area (Å²) in [7, 11) is 0. The highest BCUT2D eigenvalue weighted by molar-refractivity contribution is 9.13. The van der Waals surface area contributed by atoms with Crippen LogP contribution in [0.3, 0.4) is 0 Å². The Morgan fingerprint density at radius 1 is 1.53 bits per heavy atom. The van der Waals surface area contributed by atoms with Crippen molar-refractivity contribution in [2.75, 3.05) is 5.33 Å². The molecule has 0 atom stereocenters. The number of amides is 1.